The Labute approximate surface area is 186 Å². The van der Waals surface area contributed by atoms with E-state index in [1.165, 1.54) is 23.8 Å². The molecule has 0 saturated heterocycles. The number of nitro benzene ring substituents is 1. The standard InChI is InChI=1S/C18H21N5O4S.HI/c1-19-18(22-12-9-14-5-2-3-8-17(14)22)20-10-11-21-28(26,27)16-7-4-6-15(13-16)23(24)25;/h2-8,13,21H,9-12H2,1H3,(H,19,20);1H. The minimum atomic E-state index is -3.84. The van der Waals surface area contributed by atoms with Gasteiger partial charge in [0.25, 0.3) is 5.69 Å². The summed E-state index contributed by atoms with van der Waals surface area (Å²) in [5, 5.41) is 14.0. The van der Waals surface area contributed by atoms with Gasteiger partial charge in [-0.05, 0) is 24.1 Å². The zero-order chi connectivity index (χ0) is 20.1. The number of hydrogen-bond donors (Lipinski definition) is 2. The van der Waals surface area contributed by atoms with Crippen LogP contribution in [0, 0.1) is 10.1 Å². The Kier molecular flexibility index (Phi) is 7.93. The Bertz CT molecular complexity index is 1010. The van der Waals surface area contributed by atoms with Crippen molar-refractivity contribution in [2.45, 2.75) is 11.3 Å². The lowest BCUT2D eigenvalue weighted by Crippen LogP contribution is -2.43. The first-order valence-corrected chi connectivity index (χ1v) is 10.2. The lowest BCUT2D eigenvalue weighted by Gasteiger charge is -2.22. The summed E-state index contributed by atoms with van der Waals surface area (Å²) in [5.41, 5.74) is 2.07. The first kappa shape index (κ1) is 23.0. The lowest BCUT2D eigenvalue weighted by molar-refractivity contribution is -0.385. The highest BCUT2D eigenvalue weighted by Gasteiger charge is 2.22. The van der Waals surface area contributed by atoms with Gasteiger partial charge in [0.1, 0.15) is 0 Å². The van der Waals surface area contributed by atoms with Crippen LogP contribution in [0.3, 0.4) is 0 Å². The van der Waals surface area contributed by atoms with Gasteiger partial charge in [0.15, 0.2) is 5.96 Å². The monoisotopic (exact) mass is 531 g/mol. The fourth-order valence-electron chi connectivity index (χ4n) is 3.06. The molecule has 11 heteroatoms. The van der Waals surface area contributed by atoms with Crippen molar-refractivity contribution in [3.63, 3.8) is 0 Å². The number of para-hydroxylation sites is 1. The number of nitrogens with one attached hydrogen (secondary N) is 2. The molecule has 0 radical (unpaired) electrons. The Hall–Kier alpha value is -2.25. The van der Waals surface area contributed by atoms with Crippen molar-refractivity contribution in [1.82, 2.24) is 10.0 Å². The average Bonchev–Trinajstić information content (AvgIpc) is 3.12. The number of sulfonamides is 1. The van der Waals surface area contributed by atoms with E-state index in [0.717, 1.165) is 24.7 Å². The van der Waals surface area contributed by atoms with Crippen LogP contribution in [-0.4, -0.2) is 46.0 Å². The topological polar surface area (TPSA) is 117 Å². The number of halogens is 1. The number of non-ortho nitro benzene ring substituents is 1. The van der Waals surface area contributed by atoms with Crippen LogP contribution in [0.4, 0.5) is 11.4 Å². The zero-order valence-corrected chi connectivity index (χ0v) is 18.9. The van der Waals surface area contributed by atoms with E-state index in [4.69, 9.17) is 0 Å². The quantitative estimate of drug-likeness (QED) is 0.147. The van der Waals surface area contributed by atoms with Crippen molar-refractivity contribution in [1.29, 1.82) is 0 Å². The number of rotatable bonds is 6. The first-order valence-electron chi connectivity index (χ1n) is 8.72. The Morgan fingerprint density at radius 2 is 1.97 bits per heavy atom. The van der Waals surface area contributed by atoms with E-state index in [1.807, 2.05) is 18.2 Å². The van der Waals surface area contributed by atoms with Gasteiger partial charge < -0.3 is 10.2 Å². The van der Waals surface area contributed by atoms with E-state index in [0.29, 0.717) is 12.5 Å². The van der Waals surface area contributed by atoms with Crippen LogP contribution >= 0.6 is 24.0 Å². The highest BCUT2D eigenvalue weighted by molar-refractivity contribution is 14.0. The average molecular weight is 531 g/mol. The molecule has 3 rings (SSSR count). The molecule has 1 heterocycles. The van der Waals surface area contributed by atoms with Crippen molar-refractivity contribution >= 4 is 51.3 Å². The molecule has 0 unspecified atom stereocenters. The van der Waals surface area contributed by atoms with E-state index in [-0.39, 0.29) is 41.1 Å². The molecule has 2 aromatic carbocycles. The van der Waals surface area contributed by atoms with Crippen LogP contribution in [0.2, 0.25) is 0 Å². The van der Waals surface area contributed by atoms with E-state index in [2.05, 4.69) is 26.0 Å². The Balaban J connectivity index is 0.00000300. The highest BCUT2D eigenvalue weighted by Crippen LogP contribution is 2.27. The van der Waals surface area contributed by atoms with Crippen LogP contribution in [0.5, 0.6) is 0 Å². The lowest BCUT2D eigenvalue weighted by atomic mass is 10.2. The summed E-state index contributed by atoms with van der Waals surface area (Å²) in [4.78, 5) is 16.4. The predicted octanol–water partition coefficient (Wildman–Crippen LogP) is 2.13. The summed E-state index contributed by atoms with van der Waals surface area (Å²) in [6.45, 7) is 1.23. The first-order chi connectivity index (χ1) is 13.4. The summed E-state index contributed by atoms with van der Waals surface area (Å²) in [7, 11) is -2.16. The highest BCUT2D eigenvalue weighted by atomic mass is 127. The minimum absolute atomic E-state index is 0. The van der Waals surface area contributed by atoms with Gasteiger partial charge in [-0.2, -0.15) is 0 Å². The van der Waals surface area contributed by atoms with Crippen molar-refractivity contribution < 1.29 is 13.3 Å². The van der Waals surface area contributed by atoms with Crippen LogP contribution in [-0.2, 0) is 16.4 Å². The number of benzene rings is 2. The molecule has 0 spiro atoms. The largest absolute Gasteiger partial charge is 0.355 e. The Morgan fingerprint density at radius 1 is 1.21 bits per heavy atom. The van der Waals surface area contributed by atoms with Crippen LogP contribution in [0.25, 0.3) is 0 Å². The summed E-state index contributed by atoms with van der Waals surface area (Å²) < 4.78 is 27.1. The fourth-order valence-corrected chi connectivity index (χ4v) is 4.13. The number of guanidine groups is 1. The van der Waals surface area contributed by atoms with E-state index >= 15 is 0 Å². The fraction of sp³-hybridized carbons (Fsp3) is 0.278. The van der Waals surface area contributed by atoms with Gasteiger partial charge in [0, 0.05) is 44.5 Å². The maximum absolute atomic E-state index is 12.3. The molecule has 1 aliphatic heterocycles. The maximum atomic E-state index is 12.3. The zero-order valence-electron chi connectivity index (χ0n) is 15.7. The molecule has 1 aliphatic rings. The molecule has 0 amide bonds. The van der Waals surface area contributed by atoms with Gasteiger partial charge in [-0.25, -0.2) is 13.1 Å². The molecule has 9 nitrogen and oxygen atoms in total. The molecule has 0 aromatic heterocycles. The van der Waals surface area contributed by atoms with Gasteiger partial charge in [-0.1, -0.05) is 24.3 Å². The number of hydrogen-bond acceptors (Lipinski definition) is 5. The third kappa shape index (κ3) is 5.42. The van der Waals surface area contributed by atoms with Gasteiger partial charge in [0.05, 0.1) is 9.82 Å². The molecule has 29 heavy (non-hydrogen) atoms. The van der Waals surface area contributed by atoms with E-state index in [9.17, 15) is 18.5 Å². The summed E-state index contributed by atoms with van der Waals surface area (Å²) in [6, 6.07) is 13.0. The van der Waals surface area contributed by atoms with Crippen LogP contribution in [0.15, 0.2) is 58.4 Å². The second kappa shape index (κ2) is 9.98. The summed E-state index contributed by atoms with van der Waals surface area (Å²) in [6.07, 6.45) is 0.927. The number of nitrogens with zero attached hydrogens (tertiary/aromatic N) is 3. The molecular formula is C18H22IN5O4S. The van der Waals surface area contributed by atoms with Gasteiger partial charge in [-0.3, -0.25) is 15.1 Å². The second-order valence-electron chi connectivity index (χ2n) is 6.16. The Morgan fingerprint density at radius 3 is 2.69 bits per heavy atom. The van der Waals surface area contributed by atoms with Crippen molar-refractivity contribution in [3.8, 4) is 0 Å². The van der Waals surface area contributed by atoms with Crippen molar-refractivity contribution in [3.05, 3.63) is 64.2 Å². The molecule has 0 atom stereocenters. The van der Waals surface area contributed by atoms with Gasteiger partial charge in [-0.15, -0.1) is 24.0 Å². The summed E-state index contributed by atoms with van der Waals surface area (Å²) in [5.74, 6) is 0.666. The number of nitro groups is 1. The maximum Gasteiger partial charge on any atom is 0.270 e. The molecule has 0 saturated carbocycles. The van der Waals surface area contributed by atoms with E-state index in [1.54, 1.807) is 7.05 Å². The molecule has 0 bridgehead atoms. The SMILES string of the molecule is CN=C(NCCNS(=O)(=O)c1cccc([N+](=O)[O-])c1)N1CCc2ccccc21.I. The van der Waals surface area contributed by atoms with E-state index < -0.39 is 14.9 Å². The summed E-state index contributed by atoms with van der Waals surface area (Å²) >= 11 is 0. The molecule has 0 fully saturated rings. The molecule has 2 N–H and O–H groups in total. The second-order valence-corrected chi connectivity index (χ2v) is 7.92. The van der Waals surface area contributed by atoms with Gasteiger partial charge in [0.2, 0.25) is 10.0 Å². The predicted molar refractivity (Wildman–Crippen MR) is 123 cm³/mol. The molecule has 0 aliphatic carbocycles. The molecule has 2 aromatic rings. The van der Waals surface area contributed by atoms with Gasteiger partial charge >= 0.3 is 0 Å². The number of aliphatic imine (C=N–C) groups is 1. The van der Waals surface area contributed by atoms with Crippen LogP contribution in [0.1, 0.15) is 5.56 Å². The number of anilines is 1. The van der Waals surface area contributed by atoms with Crippen LogP contribution < -0.4 is 14.9 Å². The molecule has 156 valence electrons. The molecular weight excluding hydrogens is 509 g/mol. The van der Waals surface area contributed by atoms with Crippen molar-refractivity contribution in [2.24, 2.45) is 4.99 Å². The normalized spacial score (nSPS) is 13.6. The third-order valence-electron chi connectivity index (χ3n) is 4.39. The van der Waals surface area contributed by atoms with Crippen molar-refractivity contribution in [2.75, 3.05) is 31.6 Å². The minimum Gasteiger partial charge on any atom is -0.355 e. The third-order valence-corrected chi connectivity index (χ3v) is 5.85. The number of fused-ring (bicyclic) bond motifs is 1. The smallest absolute Gasteiger partial charge is 0.270 e.